The summed E-state index contributed by atoms with van der Waals surface area (Å²) in [5.41, 5.74) is 0.663. The number of carbonyl (C=O) groups is 1. The predicted molar refractivity (Wildman–Crippen MR) is 110 cm³/mol. The van der Waals surface area contributed by atoms with E-state index in [1.54, 1.807) is 25.3 Å². The van der Waals surface area contributed by atoms with Gasteiger partial charge in [-0.3, -0.25) is 4.79 Å². The number of amides is 1. The second-order valence-electron chi connectivity index (χ2n) is 7.81. The van der Waals surface area contributed by atoms with Crippen molar-refractivity contribution in [2.45, 2.75) is 36.8 Å². The summed E-state index contributed by atoms with van der Waals surface area (Å²) in [4.78, 5) is 13.0. The Balaban J connectivity index is 1.90. The van der Waals surface area contributed by atoms with Crippen LogP contribution in [0.25, 0.3) is 0 Å². The molecule has 29 heavy (non-hydrogen) atoms. The molecule has 0 radical (unpaired) electrons. The van der Waals surface area contributed by atoms with Crippen LogP contribution >= 0.6 is 0 Å². The Kier molecular flexibility index (Phi) is 5.60. The topological polar surface area (TPSA) is 84.9 Å². The number of rotatable bonds is 5. The number of hydrogen-bond acceptors (Lipinski definition) is 5. The fourth-order valence-electron chi connectivity index (χ4n) is 3.34. The van der Waals surface area contributed by atoms with Crippen LogP contribution in [0.2, 0.25) is 0 Å². The zero-order valence-electron chi connectivity index (χ0n) is 17.2. The molecule has 1 aliphatic heterocycles. The molecular weight excluding hydrogens is 392 g/mol. The number of methoxy groups -OCH3 is 1. The van der Waals surface area contributed by atoms with E-state index < -0.39 is 15.6 Å². The van der Waals surface area contributed by atoms with Crippen molar-refractivity contribution < 1.29 is 22.7 Å². The Bertz CT molecular complexity index is 1030. The van der Waals surface area contributed by atoms with Crippen molar-refractivity contribution in [1.29, 1.82) is 0 Å². The summed E-state index contributed by atoms with van der Waals surface area (Å²) in [5, 5.41) is 3.02. The van der Waals surface area contributed by atoms with Gasteiger partial charge in [-0.05, 0) is 44.2 Å². The summed E-state index contributed by atoms with van der Waals surface area (Å²) in [7, 11) is 0.877. The summed E-state index contributed by atoms with van der Waals surface area (Å²) in [6.07, 6.45) is 0.577. The van der Waals surface area contributed by atoms with Gasteiger partial charge >= 0.3 is 0 Å². The first-order valence-corrected chi connectivity index (χ1v) is 10.7. The molecule has 0 fully saturated rings. The average molecular weight is 419 g/mol. The molecule has 0 spiro atoms. The highest BCUT2D eigenvalue weighted by Crippen LogP contribution is 2.41. The summed E-state index contributed by atoms with van der Waals surface area (Å²) in [6.45, 7) is 3.91. The van der Waals surface area contributed by atoms with Gasteiger partial charge in [0.2, 0.25) is 10.0 Å². The van der Waals surface area contributed by atoms with E-state index in [2.05, 4.69) is 5.32 Å². The molecule has 2 aromatic carbocycles. The zero-order valence-corrected chi connectivity index (χ0v) is 18.0. The third-order valence-electron chi connectivity index (χ3n) is 4.86. The van der Waals surface area contributed by atoms with E-state index in [0.29, 0.717) is 17.9 Å². The smallest absolute Gasteiger partial charge is 0.251 e. The van der Waals surface area contributed by atoms with Crippen LogP contribution in [-0.2, 0) is 10.0 Å². The molecule has 2 aromatic rings. The highest BCUT2D eigenvalue weighted by Gasteiger charge is 2.35. The average Bonchev–Trinajstić information content (AvgIpc) is 2.66. The van der Waals surface area contributed by atoms with E-state index in [4.69, 9.17) is 9.47 Å². The minimum absolute atomic E-state index is 0.0765. The number of carbonyl (C=O) groups excluding carboxylic acids is 1. The highest BCUT2D eigenvalue weighted by molar-refractivity contribution is 7.89. The Morgan fingerprint density at radius 3 is 2.59 bits per heavy atom. The number of ether oxygens (including phenoxy) is 2. The molecule has 8 heteroatoms. The second kappa shape index (κ2) is 7.68. The van der Waals surface area contributed by atoms with Crippen LogP contribution in [0.3, 0.4) is 0 Å². The van der Waals surface area contributed by atoms with Crippen LogP contribution in [0.1, 0.15) is 42.2 Å². The van der Waals surface area contributed by atoms with Gasteiger partial charge in [-0.1, -0.05) is 6.07 Å². The monoisotopic (exact) mass is 418 g/mol. The summed E-state index contributed by atoms with van der Waals surface area (Å²) >= 11 is 0. The fourth-order valence-corrected chi connectivity index (χ4v) is 4.29. The van der Waals surface area contributed by atoms with E-state index >= 15 is 0 Å². The maximum Gasteiger partial charge on any atom is 0.251 e. The van der Waals surface area contributed by atoms with Crippen LogP contribution in [0.4, 0.5) is 0 Å². The zero-order chi connectivity index (χ0) is 21.4. The molecule has 0 aliphatic carbocycles. The number of fused-ring (bicyclic) bond motifs is 1. The lowest BCUT2D eigenvalue weighted by Gasteiger charge is -2.38. The normalized spacial score (nSPS) is 17.9. The molecule has 1 atom stereocenters. The van der Waals surface area contributed by atoms with E-state index in [1.807, 2.05) is 26.0 Å². The Morgan fingerprint density at radius 1 is 1.21 bits per heavy atom. The van der Waals surface area contributed by atoms with Crippen LogP contribution in [-0.4, -0.2) is 45.4 Å². The number of sulfonamides is 1. The van der Waals surface area contributed by atoms with Gasteiger partial charge in [0, 0.05) is 37.7 Å². The second-order valence-corrected chi connectivity index (χ2v) is 9.96. The Labute approximate surface area is 171 Å². The fraction of sp³-hybridized carbons (Fsp3) is 0.381. The van der Waals surface area contributed by atoms with Crippen LogP contribution < -0.4 is 14.8 Å². The van der Waals surface area contributed by atoms with Crippen molar-refractivity contribution >= 4 is 15.9 Å². The molecule has 7 nitrogen and oxygen atoms in total. The first kappa shape index (κ1) is 21.1. The van der Waals surface area contributed by atoms with E-state index in [-0.39, 0.29) is 22.4 Å². The summed E-state index contributed by atoms with van der Waals surface area (Å²) in [6, 6.07) is 11.3. The third kappa shape index (κ3) is 4.38. The first-order valence-electron chi connectivity index (χ1n) is 9.24. The summed E-state index contributed by atoms with van der Waals surface area (Å²) < 4.78 is 37.2. The molecule has 0 aromatic heterocycles. The van der Waals surface area contributed by atoms with Crippen LogP contribution in [0, 0.1) is 0 Å². The molecule has 1 heterocycles. The Morgan fingerprint density at radius 2 is 1.93 bits per heavy atom. The van der Waals surface area contributed by atoms with Gasteiger partial charge in [-0.2, -0.15) is 0 Å². The molecule has 1 aliphatic rings. The van der Waals surface area contributed by atoms with Crippen LogP contribution in [0.15, 0.2) is 47.4 Å². The number of benzene rings is 2. The molecule has 0 saturated heterocycles. The SMILES string of the molecule is COc1ccc2c(c1)OC(C)(C)C[C@@H]2NC(=O)c1cccc(S(=O)(=O)N(C)C)c1. The molecule has 1 amide bonds. The lowest BCUT2D eigenvalue weighted by atomic mass is 9.89. The quantitative estimate of drug-likeness (QED) is 0.807. The maximum absolute atomic E-state index is 12.9. The molecular formula is C21H26N2O5S. The molecule has 0 bridgehead atoms. The van der Waals surface area contributed by atoms with Crippen molar-refractivity contribution in [3.05, 3.63) is 53.6 Å². The van der Waals surface area contributed by atoms with E-state index in [9.17, 15) is 13.2 Å². The maximum atomic E-state index is 12.9. The van der Waals surface area contributed by atoms with E-state index in [1.165, 1.54) is 26.2 Å². The van der Waals surface area contributed by atoms with Crippen molar-refractivity contribution in [3.8, 4) is 11.5 Å². The summed E-state index contributed by atoms with van der Waals surface area (Å²) in [5.74, 6) is 0.994. The van der Waals surface area contributed by atoms with Crippen molar-refractivity contribution in [3.63, 3.8) is 0 Å². The molecule has 3 rings (SSSR count). The van der Waals surface area contributed by atoms with E-state index in [0.717, 1.165) is 9.87 Å². The van der Waals surface area contributed by atoms with Gasteiger partial charge in [0.15, 0.2) is 0 Å². The minimum atomic E-state index is -3.62. The largest absolute Gasteiger partial charge is 0.497 e. The molecule has 0 saturated carbocycles. The number of nitrogens with zero attached hydrogens (tertiary/aromatic N) is 1. The standard InChI is InChI=1S/C21H26N2O5S/c1-21(2)13-18(17-10-9-15(27-5)12-19(17)28-21)22-20(24)14-7-6-8-16(11-14)29(25,26)23(3)4/h6-12,18H,13H2,1-5H3,(H,22,24)/t18-/m0/s1. The molecule has 0 unspecified atom stereocenters. The number of nitrogens with one attached hydrogen (secondary N) is 1. The van der Waals surface area contributed by atoms with Crippen molar-refractivity contribution in [2.75, 3.05) is 21.2 Å². The van der Waals surface area contributed by atoms with Crippen LogP contribution in [0.5, 0.6) is 11.5 Å². The third-order valence-corrected chi connectivity index (χ3v) is 6.67. The first-order chi connectivity index (χ1) is 13.5. The van der Waals surface area contributed by atoms with Crippen molar-refractivity contribution in [1.82, 2.24) is 9.62 Å². The van der Waals surface area contributed by atoms with Gasteiger partial charge < -0.3 is 14.8 Å². The van der Waals surface area contributed by atoms with Gasteiger partial charge in [0.1, 0.15) is 17.1 Å². The van der Waals surface area contributed by atoms with Crippen molar-refractivity contribution in [2.24, 2.45) is 0 Å². The minimum Gasteiger partial charge on any atom is -0.497 e. The molecule has 1 N–H and O–H groups in total. The highest BCUT2D eigenvalue weighted by atomic mass is 32.2. The number of hydrogen-bond donors (Lipinski definition) is 1. The lowest BCUT2D eigenvalue weighted by Crippen LogP contribution is -2.41. The predicted octanol–water partition coefficient (Wildman–Crippen LogP) is 2.98. The Hall–Kier alpha value is -2.58. The van der Waals surface area contributed by atoms with Gasteiger partial charge in [-0.25, -0.2) is 12.7 Å². The van der Waals surface area contributed by atoms with Gasteiger partial charge in [0.25, 0.3) is 5.91 Å². The van der Waals surface area contributed by atoms with Gasteiger partial charge in [-0.15, -0.1) is 0 Å². The van der Waals surface area contributed by atoms with Gasteiger partial charge in [0.05, 0.1) is 18.0 Å². The molecule has 156 valence electrons. The lowest BCUT2D eigenvalue weighted by molar-refractivity contribution is 0.0617.